The molecule has 4 nitrogen and oxygen atoms in total. The lowest BCUT2D eigenvalue weighted by Crippen LogP contribution is -2.44. The Balaban J connectivity index is 2.35. The van der Waals surface area contributed by atoms with Gasteiger partial charge in [0.1, 0.15) is 6.04 Å². The van der Waals surface area contributed by atoms with Gasteiger partial charge in [0.05, 0.1) is 13.2 Å². The van der Waals surface area contributed by atoms with Gasteiger partial charge in [-0.15, -0.1) is 0 Å². The van der Waals surface area contributed by atoms with Crippen LogP contribution in [0.1, 0.15) is 13.8 Å². The molecule has 0 spiro atoms. The average Bonchev–Trinajstić information content (AvgIpc) is 2.36. The topological polar surface area (TPSA) is 58.6 Å². The Morgan fingerprint density at radius 3 is 2.75 bits per heavy atom. The maximum absolute atomic E-state index is 10.5. The number of hydrogen-bond donors (Lipinski definition) is 2. The zero-order valence-corrected chi connectivity index (χ0v) is 7.41. The van der Waals surface area contributed by atoms with Gasteiger partial charge in [-0.25, -0.2) is 0 Å². The number of hydrogen-bond acceptors (Lipinski definition) is 3. The van der Waals surface area contributed by atoms with Gasteiger partial charge in [0.25, 0.3) is 0 Å². The van der Waals surface area contributed by atoms with E-state index in [1.165, 1.54) is 0 Å². The molecule has 1 saturated heterocycles. The summed E-state index contributed by atoms with van der Waals surface area (Å²) >= 11 is 0. The summed E-state index contributed by atoms with van der Waals surface area (Å²) in [6.45, 7) is 5.05. The Kier molecular flexibility index (Phi) is 3.05. The SMILES string of the molecule is CC(NC1COCC1C)C(=O)O. The van der Waals surface area contributed by atoms with Crippen molar-refractivity contribution in [3.8, 4) is 0 Å². The zero-order valence-electron chi connectivity index (χ0n) is 7.41. The van der Waals surface area contributed by atoms with Crippen LogP contribution in [0.2, 0.25) is 0 Å². The monoisotopic (exact) mass is 173 g/mol. The number of rotatable bonds is 3. The van der Waals surface area contributed by atoms with Crippen molar-refractivity contribution in [2.24, 2.45) is 5.92 Å². The number of carbonyl (C=O) groups is 1. The Morgan fingerprint density at radius 2 is 2.33 bits per heavy atom. The van der Waals surface area contributed by atoms with Crippen molar-refractivity contribution in [3.63, 3.8) is 0 Å². The predicted molar refractivity (Wildman–Crippen MR) is 44.0 cm³/mol. The molecule has 3 atom stereocenters. The average molecular weight is 173 g/mol. The lowest BCUT2D eigenvalue weighted by atomic mass is 10.1. The minimum absolute atomic E-state index is 0.191. The van der Waals surface area contributed by atoms with Crippen LogP contribution in [-0.2, 0) is 9.53 Å². The first-order chi connectivity index (χ1) is 5.61. The molecule has 0 aromatic carbocycles. The summed E-state index contributed by atoms with van der Waals surface area (Å²) in [5.74, 6) is -0.402. The zero-order chi connectivity index (χ0) is 9.14. The number of nitrogens with one attached hydrogen (secondary N) is 1. The summed E-state index contributed by atoms with van der Waals surface area (Å²) in [5.41, 5.74) is 0. The van der Waals surface area contributed by atoms with Crippen LogP contribution in [0.25, 0.3) is 0 Å². The molecule has 1 rings (SSSR count). The Bertz CT molecular complexity index is 172. The van der Waals surface area contributed by atoms with Gasteiger partial charge in [-0.1, -0.05) is 6.92 Å². The van der Waals surface area contributed by atoms with Crippen LogP contribution in [0.3, 0.4) is 0 Å². The fourth-order valence-corrected chi connectivity index (χ4v) is 1.27. The largest absolute Gasteiger partial charge is 0.480 e. The summed E-state index contributed by atoms with van der Waals surface area (Å²) in [7, 11) is 0. The number of aliphatic carboxylic acids is 1. The summed E-state index contributed by atoms with van der Waals surface area (Å²) in [5, 5.41) is 11.6. The van der Waals surface area contributed by atoms with Crippen molar-refractivity contribution in [2.75, 3.05) is 13.2 Å². The minimum Gasteiger partial charge on any atom is -0.480 e. The van der Waals surface area contributed by atoms with Gasteiger partial charge in [-0.05, 0) is 12.8 Å². The van der Waals surface area contributed by atoms with E-state index in [4.69, 9.17) is 9.84 Å². The quantitative estimate of drug-likeness (QED) is 0.634. The number of ether oxygens (including phenoxy) is 1. The summed E-state index contributed by atoms with van der Waals surface area (Å²) in [6, 6.07) is -0.296. The number of carboxylic acids is 1. The Hall–Kier alpha value is -0.610. The maximum Gasteiger partial charge on any atom is 0.320 e. The van der Waals surface area contributed by atoms with Crippen LogP contribution in [0.15, 0.2) is 0 Å². The predicted octanol–water partition coefficient (Wildman–Crippen LogP) is 0.0840. The highest BCUT2D eigenvalue weighted by Crippen LogP contribution is 2.12. The standard InChI is InChI=1S/C8H15NO3/c1-5-3-12-4-7(5)9-6(2)8(10)11/h5-7,9H,3-4H2,1-2H3,(H,10,11). The lowest BCUT2D eigenvalue weighted by Gasteiger charge is -2.17. The van der Waals surface area contributed by atoms with E-state index in [0.717, 1.165) is 6.61 Å². The van der Waals surface area contributed by atoms with Gasteiger partial charge >= 0.3 is 5.97 Å². The fraction of sp³-hybridized carbons (Fsp3) is 0.875. The van der Waals surface area contributed by atoms with Crippen molar-refractivity contribution in [1.29, 1.82) is 0 Å². The highest BCUT2D eigenvalue weighted by atomic mass is 16.5. The van der Waals surface area contributed by atoms with E-state index < -0.39 is 12.0 Å². The third-order valence-corrected chi connectivity index (χ3v) is 2.20. The molecule has 0 aliphatic carbocycles. The van der Waals surface area contributed by atoms with E-state index in [1.807, 2.05) is 0 Å². The smallest absolute Gasteiger partial charge is 0.320 e. The molecule has 1 aliphatic heterocycles. The first kappa shape index (κ1) is 9.48. The molecule has 0 aromatic rings. The van der Waals surface area contributed by atoms with Gasteiger partial charge in [0, 0.05) is 6.04 Å². The molecule has 70 valence electrons. The molecule has 1 heterocycles. The van der Waals surface area contributed by atoms with E-state index >= 15 is 0 Å². The van der Waals surface area contributed by atoms with Crippen LogP contribution in [0.5, 0.6) is 0 Å². The van der Waals surface area contributed by atoms with Gasteiger partial charge < -0.3 is 9.84 Å². The van der Waals surface area contributed by atoms with E-state index in [0.29, 0.717) is 12.5 Å². The van der Waals surface area contributed by atoms with E-state index in [1.54, 1.807) is 6.92 Å². The van der Waals surface area contributed by atoms with Gasteiger partial charge in [-0.2, -0.15) is 0 Å². The molecule has 3 unspecified atom stereocenters. The van der Waals surface area contributed by atoms with Gasteiger partial charge in [0.2, 0.25) is 0 Å². The number of carboxylic acid groups (broad SMARTS) is 1. The first-order valence-electron chi connectivity index (χ1n) is 4.18. The Labute approximate surface area is 71.9 Å². The third-order valence-electron chi connectivity index (χ3n) is 2.20. The summed E-state index contributed by atoms with van der Waals surface area (Å²) in [4.78, 5) is 10.5. The molecule has 12 heavy (non-hydrogen) atoms. The van der Waals surface area contributed by atoms with Gasteiger partial charge in [-0.3, -0.25) is 10.1 Å². The normalized spacial score (nSPS) is 31.8. The van der Waals surface area contributed by atoms with E-state index in [2.05, 4.69) is 12.2 Å². The van der Waals surface area contributed by atoms with Crippen molar-refractivity contribution in [2.45, 2.75) is 25.9 Å². The van der Waals surface area contributed by atoms with Crippen molar-refractivity contribution in [3.05, 3.63) is 0 Å². The molecule has 0 aromatic heterocycles. The maximum atomic E-state index is 10.5. The van der Waals surface area contributed by atoms with Crippen molar-refractivity contribution in [1.82, 2.24) is 5.32 Å². The second kappa shape index (κ2) is 3.87. The molecule has 1 aliphatic rings. The molecule has 1 fully saturated rings. The van der Waals surface area contributed by atoms with E-state index in [9.17, 15) is 4.79 Å². The molecular weight excluding hydrogens is 158 g/mol. The second-order valence-electron chi connectivity index (χ2n) is 3.35. The summed E-state index contributed by atoms with van der Waals surface area (Å²) < 4.78 is 5.19. The van der Waals surface area contributed by atoms with Crippen molar-refractivity contribution >= 4 is 5.97 Å². The van der Waals surface area contributed by atoms with Crippen LogP contribution in [-0.4, -0.2) is 36.4 Å². The Morgan fingerprint density at radius 1 is 1.67 bits per heavy atom. The third kappa shape index (κ3) is 2.19. The van der Waals surface area contributed by atoms with Crippen LogP contribution in [0, 0.1) is 5.92 Å². The fourth-order valence-electron chi connectivity index (χ4n) is 1.27. The first-order valence-corrected chi connectivity index (χ1v) is 4.18. The molecule has 0 saturated carbocycles. The highest BCUT2D eigenvalue weighted by Gasteiger charge is 2.26. The summed E-state index contributed by atoms with van der Waals surface area (Å²) in [6.07, 6.45) is 0. The minimum atomic E-state index is -0.811. The molecule has 2 N–H and O–H groups in total. The van der Waals surface area contributed by atoms with Gasteiger partial charge in [0.15, 0.2) is 0 Å². The van der Waals surface area contributed by atoms with Crippen LogP contribution >= 0.6 is 0 Å². The van der Waals surface area contributed by atoms with Crippen molar-refractivity contribution < 1.29 is 14.6 Å². The van der Waals surface area contributed by atoms with E-state index in [-0.39, 0.29) is 6.04 Å². The molecule has 0 amide bonds. The molecular formula is C8H15NO3. The highest BCUT2D eigenvalue weighted by molar-refractivity contribution is 5.72. The second-order valence-corrected chi connectivity index (χ2v) is 3.35. The molecule has 0 radical (unpaired) electrons. The van der Waals surface area contributed by atoms with Crippen LogP contribution in [0.4, 0.5) is 0 Å². The molecule has 0 bridgehead atoms. The molecule has 4 heteroatoms. The van der Waals surface area contributed by atoms with Crippen LogP contribution < -0.4 is 5.32 Å². The lowest BCUT2D eigenvalue weighted by molar-refractivity contribution is -0.139.